The molecule has 0 fully saturated rings. The number of hydrogen-bond donors (Lipinski definition) is 2. The highest BCUT2D eigenvalue weighted by Gasteiger charge is 2.21. The summed E-state index contributed by atoms with van der Waals surface area (Å²) in [7, 11) is -1.05. The minimum absolute atomic E-state index is 0.0829. The average Bonchev–Trinajstić information content (AvgIpc) is 3.23. The zero-order chi connectivity index (χ0) is 21.7. The van der Waals surface area contributed by atoms with Gasteiger partial charge < -0.3 is 14.8 Å². The van der Waals surface area contributed by atoms with E-state index in [2.05, 4.69) is 10.0 Å². The highest BCUT2D eigenvalue weighted by molar-refractivity contribution is 7.92. The maximum atomic E-state index is 13.0. The first-order valence-corrected chi connectivity index (χ1v) is 11.5. The summed E-state index contributed by atoms with van der Waals surface area (Å²) in [4.78, 5) is 13.1. The number of nitrogens with one attached hydrogen (secondary N) is 2. The quantitative estimate of drug-likeness (QED) is 0.536. The van der Waals surface area contributed by atoms with Gasteiger partial charge in [0.2, 0.25) is 0 Å². The Kier molecular flexibility index (Phi) is 6.63. The third-order valence-electron chi connectivity index (χ3n) is 4.39. The molecule has 0 aliphatic heterocycles. The maximum absolute atomic E-state index is 13.0. The molecule has 0 aliphatic carbocycles. The van der Waals surface area contributed by atoms with Crippen LogP contribution in [-0.2, 0) is 16.4 Å². The predicted molar refractivity (Wildman–Crippen MR) is 118 cm³/mol. The summed E-state index contributed by atoms with van der Waals surface area (Å²) >= 11 is 1.35. The Morgan fingerprint density at radius 3 is 2.33 bits per heavy atom. The number of carbonyl (C=O) groups is 1. The van der Waals surface area contributed by atoms with Gasteiger partial charge in [-0.05, 0) is 65.9 Å². The topological polar surface area (TPSA) is 93.7 Å². The Bertz CT molecular complexity index is 1140. The van der Waals surface area contributed by atoms with Crippen molar-refractivity contribution in [1.29, 1.82) is 0 Å². The predicted octanol–water partition coefficient (Wildman–Crippen LogP) is 4.38. The number of aryl methyl sites for hydroxylation is 1. The van der Waals surface area contributed by atoms with Crippen molar-refractivity contribution in [3.63, 3.8) is 0 Å². The molecule has 1 aromatic heterocycles. The van der Waals surface area contributed by atoms with Crippen LogP contribution >= 0.6 is 11.3 Å². The Morgan fingerprint density at radius 2 is 1.70 bits per heavy atom. The van der Waals surface area contributed by atoms with Crippen molar-refractivity contribution in [2.24, 2.45) is 0 Å². The maximum Gasteiger partial charge on any atom is 0.266 e. The van der Waals surface area contributed by atoms with E-state index in [1.54, 1.807) is 30.3 Å². The fraction of sp³-hybridized carbons (Fsp3) is 0.190. The first-order valence-electron chi connectivity index (χ1n) is 9.10. The number of benzene rings is 2. The van der Waals surface area contributed by atoms with Crippen LogP contribution in [0.5, 0.6) is 11.5 Å². The van der Waals surface area contributed by atoms with E-state index >= 15 is 0 Å². The van der Waals surface area contributed by atoms with Crippen molar-refractivity contribution >= 4 is 38.6 Å². The van der Waals surface area contributed by atoms with Crippen molar-refractivity contribution in [1.82, 2.24) is 0 Å². The molecular weight excluding hydrogens is 424 g/mol. The Hall–Kier alpha value is -3.04. The number of amides is 1. The summed E-state index contributed by atoms with van der Waals surface area (Å²) in [5.41, 5.74) is 1.67. The van der Waals surface area contributed by atoms with Gasteiger partial charge in [-0.3, -0.25) is 9.52 Å². The minimum Gasteiger partial charge on any atom is -0.497 e. The molecule has 0 saturated heterocycles. The van der Waals surface area contributed by atoms with Crippen LogP contribution in [0, 0.1) is 0 Å². The van der Waals surface area contributed by atoms with E-state index in [9.17, 15) is 13.2 Å². The molecule has 7 nitrogen and oxygen atoms in total. The lowest BCUT2D eigenvalue weighted by molar-refractivity contribution is 0.102. The van der Waals surface area contributed by atoms with Crippen LogP contribution < -0.4 is 19.5 Å². The molecule has 158 valence electrons. The van der Waals surface area contributed by atoms with Gasteiger partial charge in [-0.15, -0.1) is 11.3 Å². The highest BCUT2D eigenvalue weighted by Crippen LogP contribution is 2.30. The van der Waals surface area contributed by atoms with Crippen molar-refractivity contribution in [2.75, 3.05) is 24.3 Å². The zero-order valence-corrected chi connectivity index (χ0v) is 18.4. The zero-order valence-electron chi connectivity index (χ0n) is 16.8. The van der Waals surface area contributed by atoms with E-state index in [1.807, 2.05) is 18.4 Å². The Balaban J connectivity index is 1.88. The van der Waals surface area contributed by atoms with Crippen molar-refractivity contribution in [3.05, 3.63) is 64.4 Å². The molecule has 0 saturated carbocycles. The molecule has 1 heterocycles. The van der Waals surface area contributed by atoms with E-state index in [-0.39, 0.29) is 16.6 Å². The molecule has 0 radical (unpaired) electrons. The summed E-state index contributed by atoms with van der Waals surface area (Å²) in [6, 6.07) is 12.9. The van der Waals surface area contributed by atoms with E-state index in [0.29, 0.717) is 22.0 Å². The second-order valence-electron chi connectivity index (χ2n) is 6.28. The molecule has 0 atom stereocenters. The number of ether oxygens (including phenoxy) is 2. The third-order valence-corrected chi connectivity index (χ3v) is 6.75. The third kappa shape index (κ3) is 4.74. The summed E-state index contributed by atoms with van der Waals surface area (Å²) in [5.74, 6) is 0.498. The number of sulfonamides is 1. The minimum atomic E-state index is -3.97. The summed E-state index contributed by atoms with van der Waals surface area (Å²) in [5, 5.41) is 4.63. The smallest absolute Gasteiger partial charge is 0.266 e. The van der Waals surface area contributed by atoms with Gasteiger partial charge in [0.1, 0.15) is 16.4 Å². The largest absolute Gasteiger partial charge is 0.497 e. The highest BCUT2D eigenvalue weighted by atomic mass is 32.2. The first-order chi connectivity index (χ1) is 14.4. The lowest BCUT2D eigenvalue weighted by Crippen LogP contribution is -2.16. The number of carbonyl (C=O) groups excluding carboxylic acids is 1. The first kappa shape index (κ1) is 21.7. The van der Waals surface area contributed by atoms with Gasteiger partial charge in [-0.2, -0.15) is 0 Å². The van der Waals surface area contributed by atoms with Crippen LogP contribution in [0.15, 0.2) is 58.8 Å². The molecule has 30 heavy (non-hydrogen) atoms. The number of hydrogen-bond acceptors (Lipinski definition) is 6. The monoisotopic (exact) mass is 446 g/mol. The van der Waals surface area contributed by atoms with E-state index in [4.69, 9.17) is 9.47 Å². The van der Waals surface area contributed by atoms with E-state index < -0.39 is 10.0 Å². The number of anilines is 2. The molecule has 0 bridgehead atoms. The van der Waals surface area contributed by atoms with Gasteiger partial charge in [0.25, 0.3) is 15.9 Å². The molecule has 9 heteroatoms. The van der Waals surface area contributed by atoms with Crippen LogP contribution in [-0.4, -0.2) is 28.5 Å². The molecule has 3 rings (SSSR count). The molecule has 0 spiro atoms. The van der Waals surface area contributed by atoms with E-state index in [0.717, 1.165) is 12.0 Å². The molecule has 3 aromatic rings. The average molecular weight is 447 g/mol. The molecule has 0 unspecified atom stereocenters. The van der Waals surface area contributed by atoms with Crippen LogP contribution in [0.25, 0.3) is 0 Å². The van der Waals surface area contributed by atoms with Gasteiger partial charge >= 0.3 is 0 Å². The van der Waals surface area contributed by atoms with Crippen molar-refractivity contribution in [3.8, 4) is 11.5 Å². The lowest BCUT2D eigenvalue weighted by Gasteiger charge is -2.14. The molecule has 2 aromatic carbocycles. The normalized spacial score (nSPS) is 11.0. The molecular formula is C21H22N2O5S2. The van der Waals surface area contributed by atoms with Gasteiger partial charge in [0.05, 0.1) is 19.1 Å². The second-order valence-corrected chi connectivity index (χ2v) is 8.85. The van der Waals surface area contributed by atoms with Gasteiger partial charge in [0, 0.05) is 11.4 Å². The summed E-state index contributed by atoms with van der Waals surface area (Å²) in [6.07, 6.45) is 0.736. The van der Waals surface area contributed by atoms with Crippen LogP contribution in [0.1, 0.15) is 22.2 Å². The SMILES string of the molecule is CCc1ccsc1C(=O)Nc1ccc(OC)c(S(=O)(=O)Nc2ccc(OC)cc2)c1. The van der Waals surface area contributed by atoms with Crippen molar-refractivity contribution in [2.45, 2.75) is 18.2 Å². The van der Waals surface area contributed by atoms with Crippen molar-refractivity contribution < 1.29 is 22.7 Å². The Morgan fingerprint density at radius 1 is 1.00 bits per heavy atom. The number of thiophene rings is 1. The summed E-state index contributed by atoms with van der Waals surface area (Å²) < 4.78 is 38.8. The second kappa shape index (κ2) is 9.19. The fourth-order valence-corrected chi connectivity index (χ4v) is 4.98. The van der Waals surface area contributed by atoms with Gasteiger partial charge in [-0.25, -0.2) is 8.42 Å². The molecule has 2 N–H and O–H groups in total. The van der Waals surface area contributed by atoms with Crippen LogP contribution in [0.3, 0.4) is 0 Å². The van der Waals surface area contributed by atoms with Crippen LogP contribution in [0.2, 0.25) is 0 Å². The standard InChI is InChI=1S/C21H22N2O5S2/c1-4-14-11-12-29-20(14)21(24)22-16-7-10-18(28-3)19(13-16)30(25,26)23-15-5-8-17(27-2)9-6-15/h5-13,23H,4H2,1-3H3,(H,22,24). The number of methoxy groups -OCH3 is 2. The number of rotatable bonds is 8. The van der Waals surface area contributed by atoms with E-state index in [1.165, 1.54) is 37.7 Å². The van der Waals surface area contributed by atoms with Gasteiger partial charge in [-0.1, -0.05) is 6.92 Å². The lowest BCUT2D eigenvalue weighted by atomic mass is 10.2. The fourth-order valence-electron chi connectivity index (χ4n) is 2.83. The Labute approximate surface area is 179 Å². The molecule has 0 aliphatic rings. The molecule has 1 amide bonds. The summed E-state index contributed by atoms with van der Waals surface area (Å²) in [6.45, 7) is 1.97. The van der Waals surface area contributed by atoms with Gasteiger partial charge in [0.15, 0.2) is 0 Å². The van der Waals surface area contributed by atoms with Crippen LogP contribution in [0.4, 0.5) is 11.4 Å².